The summed E-state index contributed by atoms with van der Waals surface area (Å²) in [5.74, 6) is -0.342. The number of nitrogens with one attached hydrogen (secondary N) is 2. The van der Waals surface area contributed by atoms with Gasteiger partial charge in [-0.3, -0.25) is 14.6 Å². The van der Waals surface area contributed by atoms with Gasteiger partial charge in [-0.2, -0.15) is 0 Å². The van der Waals surface area contributed by atoms with Gasteiger partial charge in [0.2, 0.25) is 5.91 Å². The molecule has 0 bridgehead atoms. The largest absolute Gasteiger partial charge is 0.350 e. The van der Waals surface area contributed by atoms with Crippen molar-refractivity contribution in [1.29, 1.82) is 0 Å². The Morgan fingerprint density at radius 2 is 1.61 bits per heavy atom. The molecule has 0 fully saturated rings. The summed E-state index contributed by atoms with van der Waals surface area (Å²) in [4.78, 5) is 29.0. The number of fused-ring (bicyclic) bond motifs is 1. The van der Waals surface area contributed by atoms with E-state index < -0.39 is 6.04 Å². The molecule has 2 unspecified atom stereocenters. The van der Waals surface area contributed by atoms with Crippen LogP contribution in [0.25, 0.3) is 10.8 Å². The van der Waals surface area contributed by atoms with Crippen molar-refractivity contribution in [3.05, 3.63) is 108 Å². The SMILES string of the molecule is CC(NC(=O)CC(N)c1ccc(C(=O)Nc2ccncc2)cc1)c1cccc2ccccc12. The number of carbonyl (C=O) groups is 2. The van der Waals surface area contributed by atoms with Gasteiger partial charge in [0.1, 0.15) is 0 Å². The van der Waals surface area contributed by atoms with Crippen molar-refractivity contribution in [2.24, 2.45) is 5.73 Å². The molecule has 2 atom stereocenters. The van der Waals surface area contributed by atoms with E-state index >= 15 is 0 Å². The fourth-order valence-corrected chi connectivity index (χ4v) is 3.84. The van der Waals surface area contributed by atoms with E-state index in [1.807, 2.05) is 31.2 Å². The number of nitrogens with two attached hydrogens (primary N) is 1. The third kappa shape index (κ3) is 5.42. The lowest BCUT2D eigenvalue weighted by molar-refractivity contribution is -0.122. The molecule has 4 aromatic rings. The molecule has 0 radical (unpaired) electrons. The molecule has 0 spiro atoms. The minimum Gasteiger partial charge on any atom is -0.350 e. The lowest BCUT2D eigenvalue weighted by atomic mass is 9.99. The number of nitrogens with zero attached hydrogens (tertiary/aromatic N) is 1. The zero-order valence-corrected chi connectivity index (χ0v) is 18.4. The maximum atomic E-state index is 12.7. The van der Waals surface area contributed by atoms with Crippen molar-refractivity contribution >= 4 is 28.3 Å². The third-order valence-corrected chi connectivity index (χ3v) is 5.61. The molecule has 33 heavy (non-hydrogen) atoms. The molecular weight excluding hydrogens is 412 g/mol. The van der Waals surface area contributed by atoms with Crippen LogP contribution in [0.5, 0.6) is 0 Å². The van der Waals surface area contributed by atoms with E-state index in [0.717, 1.165) is 21.9 Å². The fraction of sp³-hybridized carbons (Fsp3) is 0.148. The van der Waals surface area contributed by atoms with Gasteiger partial charge in [-0.25, -0.2) is 0 Å². The highest BCUT2D eigenvalue weighted by molar-refractivity contribution is 6.04. The van der Waals surface area contributed by atoms with Crippen LogP contribution in [0.15, 0.2) is 91.3 Å². The van der Waals surface area contributed by atoms with Crippen molar-refractivity contribution in [1.82, 2.24) is 10.3 Å². The molecule has 6 heteroatoms. The zero-order valence-electron chi connectivity index (χ0n) is 18.4. The zero-order chi connectivity index (χ0) is 23.2. The molecule has 4 rings (SSSR count). The van der Waals surface area contributed by atoms with Gasteiger partial charge in [0.05, 0.1) is 6.04 Å². The van der Waals surface area contributed by atoms with E-state index in [4.69, 9.17) is 5.73 Å². The Bertz CT molecular complexity index is 1250. The Morgan fingerprint density at radius 3 is 2.36 bits per heavy atom. The predicted octanol–water partition coefficient (Wildman–Crippen LogP) is 4.75. The summed E-state index contributed by atoms with van der Waals surface area (Å²) < 4.78 is 0. The van der Waals surface area contributed by atoms with Gasteiger partial charge in [0, 0.05) is 36.1 Å². The van der Waals surface area contributed by atoms with Gasteiger partial charge < -0.3 is 16.4 Å². The second-order valence-electron chi connectivity index (χ2n) is 7.98. The topological polar surface area (TPSA) is 97.1 Å². The first-order valence-electron chi connectivity index (χ1n) is 10.8. The van der Waals surface area contributed by atoms with E-state index in [2.05, 4.69) is 33.8 Å². The summed E-state index contributed by atoms with van der Waals surface area (Å²) in [6, 6.07) is 24.0. The highest BCUT2D eigenvalue weighted by Gasteiger charge is 2.16. The predicted molar refractivity (Wildman–Crippen MR) is 131 cm³/mol. The van der Waals surface area contributed by atoms with Crippen molar-refractivity contribution in [2.45, 2.75) is 25.4 Å². The number of hydrogen-bond donors (Lipinski definition) is 3. The Balaban J connectivity index is 1.36. The van der Waals surface area contributed by atoms with E-state index in [-0.39, 0.29) is 24.3 Å². The average molecular weight is 439 g/mol. The Labute approximate surface area is 192 Å². The van der Waals surface area contributed by atoms with Crippen molar-refractivity contribution in [3.63, 3.8) is 0 Å². The van der Waals surface area contributed by atoms with Gasteiger partial charge in [0.25, 0.3) is 5.91 Å². The number of amides is 2. The van der Waals surface area contributed by atoms with Gasteiger partial charge in [0.15, 0.2) is 0 Å². The first-order valence-corrected chi connectivity index (χ1v) is 10.8. The number of aromatic nitrogens is 1. The second kappa shape index (κ2) is 10.1. The summed E-state index contributed by atoms with van der Waals surface area (Å²) >= 11 is 0. The third-order valence-electron chi connectivity index (χ3n) is 5.61. The molecule has 3 aromatic carbocycles. The molecule has 0 aliphatic carbocycles. The Morgan fingerprint density at radius 1 is 0.909 bits per heavy atom. The number of anilines is 1. The van der Waals surface area contributed by atoms with Crippen LogP contribution in [-0.2, 0) is 4.79 Å². The molecule has 0 saturated heterocycles. The first kappa shape index (κ1) is 22.2. The smallest absolute Gasteiger partial charge is 0.255 e. The monoisotopic (exact) mass is 438 g/mol. The minimum atomic E-state index is -0.470. The lowest BCUT2D eigenvalue weighted by Gasteiger charge is -2.18. The summed E-state index contributed by atoms with van der Waals surface area (Å²) in [6.07, 6.45) is 3.38. The minimum absolute atomic E-state index is 0.123. The molecule has 1 aromatic heterocycles. The van der Waals surface area contributed by atoms with E-state index in [1.54, 1.807) is 48.8 Å². The second-order valence-corrected chi connectivity index (χ2v) is 7.98. The van der Waals surface area contributed by atoms with Crippen LogP contribution < -0.4 is 16.4 Å². The molecule has 2 amide bonds. The normalized spacial score (nSPS) is 12.7. The van der Waals surface area contributed by atoms with E-state index in [9.17, 15) is 9.59 Å². The van der Waals surface area contributed by atoms with Gasteiger partial charge in [-0.1, -0.05) is 54.6 Å². The number of carbonyl (C=O) groups excluding carboxylic acids is 2. The van der Waals surface area contributed by atoms with Crippen LogP contribution in [0.4, 0.5) is 5.69 Å². The standard InChI is InChI=1S/C27H26N4O2/c1-18(23-8-4-6-19-5-2-3-7-24(19)23)30-26(32)17-25(28)20-9-11-21(12-10-20)27(33)31-22-13-15-29-16-14-22/h2-16,18,25H,17,28H2,1H3,(H,30,32)(H,29,31,33). The summed E-state index contributed by atoms with van der Waals surface area (Å²) in [5, 5.41) is 8.13. The van der Waals surface area contributed by atoms with Crippen molar-refractivity contribution in [3.8, 4) is 0 Å². The Hall–Kier alpha value is -4.03. The van der Waals surface area contributed by atoms with Crippen LogP contribution in [0.3, 0.4) is 0 Å². The first-order chi connectivity index (χ1) is 16.0. The van der Waals surface area contributed by atoms with E-state index in [0.29, 0.717) is 11.3 Å². The molecule has 6 nitrogen and oxygen atoms in total. The maximum Gasteiger partial charge on any atom is 0.255 e. The van der Waals surface area contributed by atoms with Gasteiger partial charge >= 0.3 is 0 Å². The van der Waals surface area contributed by atoms with Crippen molar-refractivity contribution < 1.29 is 9.59 Å². The fourth-order valence-electron chi connectivity index (χ4n) is 3.84. The van der Waals surface area contributed by atoms with Crippen LogP contribution in [0.2, 0.25) is 0 Å². The van der Waals surface area contributed by atoms with Gasteiger partial charge in [-0.05, 0) is 53.1 Å². The van der Waals surface area contributed by atoms with Crippen molar-refractivity contribution in [2.75, 3.05) is 5.32 Å². The molecule has 166 valence electrons. The number of benzene rings is 3. The average Bonchev–Trinajstić information content (AvgIpc) is 2.84. The highest BCUT2D eigenvalue weighted by Crippen LogP contribution is 2.24. The lowest BCUT2D eigenvalue weighted by Crippen LogP contribution is -2.30. The highest BCUT2D eigenvalue weighted by atomic mass is 16.2. The van der Waals surface area contributed by atoms with Crippen LogP contribution >= 0.6 is 0 Å². The maximum absolute atomic E-state index is 12.7. The molecule has 4 N–H and O–H groups in total. The summed E-state index contributed by atoms with van der Waals surface area (Å²) in [7, 11) is 0. The molecule has 0 aliphatic rings. The quantitative estimate of drug-likeness (QED) is 0.388. The Kier molecular flexibility index (Phi) is 6.76. The van der Waals surface area contributed by atoms with Crippen LogP contribution in [0, 0.1) is 0 Å². The van der Waals surface area contributed by atoms with Crippen LogP contribution in [0.1, 0.15) is 46.9 Å². The number of pyridine rings is 1. The number of rotatable bonds is 7. The van der Waals surface area contributed by atoms with Gasteiger partial charge in [-0.15, -0.1) is 0 Å². The molecule has 0 aliphatic heterocycles. The molecule has 0 saturated carbocycles. The summed E-state index contributed by atoms with van der Waals surface area (Å²) in [5.41, 5.74) is 9.33. The molecular formula is C27H26N4O2. The summed E-state index contributed by atoms with van der Waals surface area (Å²) in [6.45, 7) is 1.97. The van der Waals surface area contributed by atoms with Crippen LogP contribution in [-0.4, -0.2) is 16.8 Å². The molecule has 1 heterocycles. The number of hydrogen-bond acceptors (Lipinski definition) is 4. The van der Waals surface area contributed by atoms with E-state index in [1.165, 1.54) is 0 Å².